The second kappa shape index (κ2) is 7.30. The number of alkyl halides is 2. The highest BCUT2D eigenvalue weighted by Gasteiger charge is 2.25. The van der Waals surface area contributed by atoms with E-state index in [0.29, 0.717) is 29.5 Å². The van der Waals surface area contributed by atoms with Crippen molar-refractivity contribution in [2.24, 2.45) is 0 Å². The van der Waals surface area contributed by atoms with Crippen LogP contribution in [0.4, 0.5) is 13.6 Å². The number of ether oxygens (including phenoxy) is 3. The fourth-order valence-electron chi connectivity index (χ4n) is 3.31. The van der Waals surface area contributed by atoms with E-state index in [4.69, 9.17) is 9.47 Å². The fraction of sp³-hybridized carbons (Fsp3) is 0.316. The molecule has 0 bridgehead atoms. The van der Waals surface area contributed by atoms with Gasteiger partial charge in [0, 0.05) is 30.6 Å². The van der Waals surface area contributed by atoms with Crippen molar-refractivity contribution in [2.75, 3.05) is 13.3 Å². The zero-order valence-electron chi connectivity index (χ0n) is 14.3. The molecular formula is C19H18F2N2O4. The zero-order valence-corrected chi connectivity index (χ0v) is 14.3. The lowest BCUT2D eigenvalue weighted by Gasteiger charge is -2.30. The lowest BCUT2D eigenvalue weighted by molar-refractivity contribution is -0.0505. The number of hydrogen-bond donors (Lipinski definition) is 2. The lowest BCUT2D eigenvalue weighted by Crippen LogP contribution is -2.39. The number of hydrogen-bond acceptors (Lipinski definition) is 4. The Balaban J connectivity index is 1.33. The van der Waals surface area contributed by atoms with E-state index in [0.717, 1.165) is 6.42 Å². The first-order chi connectivity index (χ1) is 13.1. The molecule has 1 aliphatic heterocycles. The fourth-order valence-corrected chi connectivity index (χ4v) is 3.31. The van der Waals surface area contributed by atoms with Gasteiger partial charge in [0.15, 0.2) is 11.5 Å². The van der Waals surface area contributed by atoms with Gasteiger partial charge in [0.05, 0.1) is 0 Å². The van der Waals surface area contributed by atoms with E-state index in [9.17, 15) is 13.6 Å². The molecule has 8 heteroatoms. The van der Waals surface area contributed by atoms with Crippen molar-refractivity contribution in [1.29, 1.82) is 0 Å². The number of fused-ring (bicyclic) bond motifs is 2. The molecule has 1 atom stereocenters. The van der Waals surface area contributed by atoms with Crippen LogP contribution in [0.2, 0.25) is 0 Å². The number of amides is 2. The smallest absolute Gasteiger partial charge is 0.387 e. The van der Waals surface area contributed by atoms with E-state index in [1.165, 1.54) is 23.3 Å². The molecule has 0 aromatic heterocycles. The van der Waals surface area contributed by atoms with Gasteiger partial charge in [-0.1, -0.05) is 24.3 Å². The summed E-state index contributed by atoms with van der Waals surface area (Å²) in [7, 11) is 0. The summed E-state index contributed by atoms with van der Waals surface area (Å²) in [5.74, 6) is 1.01. The molecule has 0 spiro atoms. The van der Waals surface area contributed by atoms with Crippen molar-refractivity contribution in [2.45, 2.75) is 25.5 Å². The summed E-state index contributed by atoms with van der Waals surface area (Å²) in [5, 5.41) is 5.47. The first-order valence-electron chi connectivity index (χ1n) is 8.57. The second-order valence-corrected chi connectivity index (χ2v) is 6.36. The Morgan fingerprint density at radius 2 is 1.96 bits per heavy atom. The first kappa shape index (κ1) is 17.4. The van der Waals surface area contributed by atoms with Crippen LogP contribution in [0.25, 0.3) is 0 Å². The van der Waals surface area contributed by atoms with Gasteiger partial charge in [-0.25, -0.2) is 4.79 Å². The highest BCUT2D eigenvalue weighted by atomic mass is 19.3. The minimum absolute atomic E-state index is 0.0175. The van der Waals surface area contributed by atoms with Crippen LogP contribution in [-0.2, 0) is 13.0 Å². The SMILES string of the molecule is O=C(NCc1cc2c(cc1OC(F)F)OCO2)NC[C@H]1Cc2ccccc21. The Bertz CT molecular complexity index is 860. The summed E-state index contributed by atoms with van der Waals surface area (Å²) in [6.45, 7) is -2.42. The molecule has 2 aromatic rings. The van der Waals surface area contributed by atoms with Crippen molar-refractivity contribution in [3.8, 4) is 17.2 Å². The molecule has 2 aliphatic rings. The van der Waals surface area contributed by atoms with Crippen LogP contribution in [0.15, 0.2) is 36.4 Å². The van der Waals surface area contributed by atoms with Crippen LogP contribution in [0.1, 0.15) is 22.6 Å². The summed E-state index contributed by atoms with van der Waals surface area (Å²) in [4.78, 5) is 12.1. The minimum atomic E-state index is -2.98. The third-order valence-electron chi connectivity index (χ3n) is 4.68. The molecule has 0 saturated heterocycles. The van der Waals surface area contributed by atoms with E-state index in [1.54, 1.807) is 0 Å². The Morgan fingerprint density at radius 3 is 2.74 bits per heavy atom. The number of carbonyl (C=O) groups is 1. The van der Waals surface area contributed by atoms with Gasteiger partial charge < -0.3 is 24.8 Å². The number of urea groups is 1. The Labute approximate surface area is 154 Å². The summed E-state index contributed by atoms with van der Waals surface area (Å²) >= 11 is 0. The first-order valence-corrected chi connectivity index (χ1v) is 8.57. The van der Waals surface area contributed by atoms with Crippen molar-refractivity contribution < 1.29 is 27.8 Å². The molecule has 0 unspecified atom stereocenters. The second-order valence-electron chi connectivity index (χ2n) is 6.36. The molecule has 2 amide bonds. The topological polar surface area (TPSA) is 68.8 Å². The van der Waals surface area contributed by atoms with Gasteiger partial charge >= 0.3 is 12.6 Å². The van der Waals surface area contributed by atoms with Crippen molar-refractivity contribution in [3.63, 3.8) is 0 Å². The van der Waals surface area contributed by atoms with Crippen LogP contribution in [-0.4, -0.2) is 26.0 Å². The zero-order chi connectivity index (χ0) is 18.8. The van der Waals surface area contributed by atoms with Crippen LogP contribution < -0.4 is 24.8 Å². The Hall–Kier alpha value is -3.03. The van der Waals surface area contributed by atoms with E-state index in [2.05, 4.69) is 27.5 Å². The highest BCUT2D eigenvalue weighted by molar-refractivity contribution is 5.74. The molecule has 1 aliphatic carbocycles. The summed E-state index contributed by atoms with van der Waals surface area (Å²) in [6.07, 6.45) is 0.936. The number of carbonyl (C=O) groups excluding carboxylic acids is 1. The van der Waals surface area contributed by atoms with Crippen LogP contribution in [0, 0.1) is 0 Å². The van der Waals surface area contributed by atoms with Gasteiger partial charge in [-0.15, -0.1) is 0 Å². The van der Waals surface area contributed by atoms with Gasteiger partial charge in [-0.05, 0) is 23.6 Å². The van der Waals surface area contributed by atoms with Crippen molar-refractivity contribution in [3.05, 3.63) is 53.1 Å². The standard InChI is InChI=1S/C19H18F2N2O4/c20-18(21)27-15-7-17-16(25-10-26-17)6-13(15)9-23-19(24)22-8-12-5-11-3-1-2-4-14(11)12/h1-4,6-7,12,18H,5,8-10H2,(H2,22,23,24)/t12-/m1/s1. The predicted molar refractivity (Wildman–Crippen MR) is 92.3 cm³/mol. The average molecular weight is 376 g/mol. The monoisotopic (exact) mass is 376 g/mol. The molecule has 4 rings (SSSR count). The largest absolute Gasteiger partial charge is 0.454 e. The van der Waals surface area contributed by atoms with Gasteiger partial charge in [0.1, 0.15) is 5.75 Å². The maximum Gasteiger partial charge on any atom is 0.387 e. The molecule has 1 heterocycles. The van der Waals surface area contributed by atoms with Crippen molar-refractivity contribution >= 4 is 6.03 Å². The van der Waals surface area contributed by atoms with Crippen LogP contribution in [0.5, 0.6) is 17.2 Å². The highest BCUT2D eigenvalue weighted by Crippen LogP contribution is 2.38. The van der Waals surface area contributed by atoms with E-state index in [-0.39, 0.29) is 25.1 Å². The van der Waals surface area contributed by atoms with Gasteiger partial charge in [-0.2, -0.15) is 8.78 Å². The average Bonchev–Trinajstić information content (AvgIpc) is 3.07. The van der Waals surface area contributed by atoms with E-state index in [1.807, 2.05) is 12.1 Å². The third kappa shape index (κ3) is 3.74. The number of halogens is 2. The van der Waals surface area contributed by atoms with Gasteiger partial charge in [0.2, 0.25) is 6.79 Å². The summed E-state index contributed by atoms with van der Waals surface area (Å²) < 4.78 is 40.2. The van der Waals surface area contributed by atoms with Crippen molar-refractivity contribution in [1.82, 2.24) is 10.6 Å². The Morgan fingerprint density at radius 1 is 1.19 bits per heavy atom. The van der Waals surface area contributed by atoms with E-state index < -0.39 is 6.61 Å². The van der Waals surface area contributed by atoms with E-state index >= 15 is 0 Å². The summed E-state index contributed by atoms with van der Waals surface area (Å²) in [6, 6.07) is 10.6. The molecule has 0 fully saturated rings. The van der Waals surface area contributed by atoms with Gasteiger partial charge in [0.25, 0.3) is 0 Å². The number of rotatable bonds is 6. The molecule has 2 aromatic carbocycles. The molecule has 0 saturated carbocycles. The van der Waals surface area contributed by atoms with Crippen LogP contribution >= 0.6 is 0 Å². The maximum atomic E-state index is 12.6. The third-order valence-corrected chi connectivity index (χ3v) is 4.68. The Kier molecular flexibility index (Phi) is 4.70. The predicted octanol–water partition coefficient (Wildman–Crippen LogP) is 3.16. The quantitative estimate of drug-likeness (QED) is 0.813. The minimum Gasteiger partial charge on any atom is -0.454 e. The molecule has 27 heavy (non-hydrogen) atoms. The van der Waals surface area contributed by atoms with Gasteiger partial charge in [-0.3, -0.25) is 0 Å². The molecule has 6 nitrogen and oxygen atoms in total. The normalized spacial score (nSPS) is 16.5. The van der Waals surface area contributed by atoms with Crippen LogP contribution in [0.3, 0.4) is 0 Å². The maximum absolute atomic E-state index is 12.6. The molecule has 142 valence electrons. The molecule has 2 N–H and O–H groups in total. The molecular weight excluding hydrogens is 358 g/mol. The number of benzene rings is 2. The lowest BCUT2D eigenvalue weighted by atomic mass is 9.78. The molecule has 0 radical (unpaired) electrons. The summed E-state index contributed by atoms with van der Waals surface area (Å²) in [5.41, 5.74) is 2.93. The number of nitrogens with one attached hydrogen (secondary N) is 2.